The fraction of sp³-hybridized carbons (Fsp3) is 0.0714. The number of nitrogens with zero attached hydrogens (tertiary/aromatic N) is 1. The lowest BCUT2D eigenvalue weighted by Crippen LogP contribution is -1.88. The third-order valence-electron chi connectivity index (χ3n) is 2.93. The Morgan fingerprint density at radius 2 is 1.90 bits per heavy atom. The largest absolute Gasteiger partial charge is 0.380 e. The van der Waals surface area contributed by atoms with Crippen molar-refractivity contribution in [3.63, 3.8) is 0 Å². The number of halogens is 2. The second-order valence-corrected chi connectivity index (χ2v) is 7.59. The first kappa shape index (κ1) is 13.9. The number of aromatic nitrogens is 1. The summed E-state index contributed by atoms with van der Waals surface area (Å²) >= 11 is 8.54. The van der Waals surface area contributed by atoms with E-state index in [-0.39, 0.29) is 0 Å². The van der Waals surface area contributed by atoms with Crippen LogP contribution in [0, 0.1) is 6.92 Å². The van der Waals surface area contributed by atoms with Crippen LogP contribution in [0.1, 0.15) is 5.56 Å². The lowest BCUT2D eigenvalue weighted by Gasteiger charge is -2.01. The number of aryl methyl sites for hydroxylation is 1. The minimum atomic E-state index is 0.407. The molecule has 20 heavy (non-hydrogen) atoms. The summed E-state index contributed by atoms with van der Waals surface area (Å²) < 4.78 is 7.43. The summed E-state index contributed by atoms with van der Waals surface area (Å²) in [5, 5.41) is 3.91. The molecule has 0 aliphatic heterocycles. The Hall–Kier alpha value is -1.11. The predicted octanol–water partition coefficient (Wildman–Crippen LogP) is 5.49. The molecule has 2 N–H and O–H groups in total. The van der Waals surface area contributed by atoms with E-state index in [1.54, 1.807) is 11.3 Å². The molecule has 3 aromatic rings. The summed E-state index contributed by atoms with van der Waals surface area (Å²) in [5.41, 5.74) is 9.01. The molecule has 0 aliphatic rings. The van der Waals surface area contributed by atoms with Gasteiger partial charge in [-0.15, -0.1) is 11.3 Å². The Kier molecular flexibility index (Phi) is 3.70. The Balaban J connectivity index is 2.16. The number of nitrogen functional groups attached to an aromatic ring is 1. The van der Waals surface area contributed by atoms with Gasteiger partial charge in [-0.2, -0.15) is 0 Å². The summed E-state index contributed by atoms with van der Waals surface area (Å²) in [6, 6.07) is 10.1. The van der Waals surface area contributed by atoms with E-state index < -0.39 is 0 Å². The average molecular weight is 414 g/mol. The van der Waals surface area contributed by atoms with Crippen molar-refractivity contribution in [2.75, 3.05) is 5.73 Å². The van der Waals surface area contributed by atoms with Crippen molar-refractivity contribution < 1.29 is 4.52 Å². The van der Waals surface area contributed by atoms with Gasteiger partial charge in [0.15, 0.2) is 11.6 Å². The SMILES string of the molecule is Cc1ccc(-c2c(N)noc2-c2cc(Br)c(Br)s2)cc1. The van der Waals surface area contributed by atoms with E-state index >= 15 is 0 Å². The van der Waals surface area contributed by atoms with Crippen LogP contribution in [0.4, 0.5) is 5.82 Å². The highest BCUT2D eigenvalue weighted by atomic mass is 79.9. The highest BCUT2D eigenvalue weighted by Crippen LogP contribution is 2.43. The van der Waals surface area contributed by atoms with Gasteiger partial charge in [-0.25, -0.2) is 0 Å². The van der Waals surface area contributed by atoms with Crippen LogP contribution >= 0.6 is 43.2 Å². The van der Waals surface area contributed by atoms with Gasteiger partial charge >= 0.3 is 0 Å². The van der Waals surface area contributed by atoms with Gasteiger partial charge in [0.1, 0.15) is 0 Å². The van der Waals surface area contributed by atoms with E-state index in [1.807, 2.05) is 30.3 Å². The Labute approximate surface area is 137 Å². The zero-order chi connectivity index (χ0) is 14.3. The minimum absolute atomic E-state index is 0.407. The normalized spacial score (nSPS) is 10.9. The molecule has 2 heterocycles. The van der Waals surface area contributed by atoms with Crippen LogP contribution in [0.15, 0.2) is 43.1 Å². The van der Waals surface area contributed by atoms with Crippen molar-refractivity contribution in [1.82, 2.24) is 5.16 Å². The van der Waals surface area contributed by atoms with Crippen LogP contribution in [-0.2, 0) is 0 Å². The maximum Gasteiger partial charge on any atom is 0.186 e. The van der Waals surface area contributed by atoms with Crippen molar-refractivity contribution in [3.8, 4) is 21.8 Å². The molecule has 3 rings (SSSR count). The van der Waals surface area contributed by atoms with Gasteiger partial charge in [0, 0.05) is 4.47 Å². The molecule has 102 valence electrons. The van der Waals surface area contributed by atoms with Crippen LogP contribution in [0.25, 0.3) is 21.8 Å². The lowest BCUT2D eigenvalue weighted by atomic mass is 10.0. The third kappa shape index (κ3) is 2.43. The van der Waals surface area contributed by atoms with Crippen LogP contribution in [0.5, 0.6) is 0 Å². The summed E-state index contributed by atoms with van der Waals surface area (Å²) in [6.45, 7) is 2.05. The first-order chi connectivity index (χ1) is 9.56. The fourth-order valence-corrected chi connectivity index (χ4v) is 3.95. The molecule has 0 spiro atoms. The molecule has 2 aromatic heterocycles. The number of hydrogen-bond donors (Lipinski definition) is 1. The topological polar surface area (TPSA) is 52.0 Å². The Morgan fingerprint density at radius 1 is 1.20 bits per heavy atom. The van der Waals surface area contributed by atoms with Gasteiger partial charge in [0.05, 0.1) is 14.2 Å². The van der Waals surface area contributed by atoms with Crippen LogP contribution in [-0.4, -0.2) is 5.16 Å². The molecule has 3 nitrogen and oxygen atoms in total. The summed E-state index contributed by atoms with van der Waals surface area (Å²) in [6.07, 6.45) is 0. The summed E-state index contributed by atoms with van der Waals surface area (Å²) in [7, 11) is 0. The molecule has 0 fully saturated rings. The monoisotopic (exact) mass is 412 g/mol. The number of hydrogen-bond acceptors (Lipinski definition) is 4. The van der Waals surface area contributed by atoms with Gasteiger partial charge in [0.2, 0.25) is 0 Å². The van der Waals surface area contributed by atoms with Crippen LogP contribution in [0.3, 0.4) is 0 Å². The molecular weight excluding hydrogens is 404 g/mol. The fourth-order valence-electron chi connectivity index (χ4n) is 1.93. The molecule has 0 unspecified atom stereocenters. The smallest absolute Gasteiger partial charge is 0.186 e. The second-order valence-electron chi connectivity index (χ2n) is 4.37. The van der Waals surface area contributed by atoms with Crippen molar-refractivity contribution in [1.29, 1.82) is 0 Å². The maximum absolute atomic E-state index is 5.97. The highest BCUT2D eigenvalue weighted by Gasteiger charge is 2.20. The van der Waals surface area contributed by atoms with E-state index in [0.717, 1.165) is 24.3 Å². The van der Waals surface area contributed by atoms with E-state index in [4.69, 9.17) is 10.3 Å². The van der Waals surface area contributed by atoms with Crippen LogP contribution < -0.4 is 5.73 Å². The van der Waals surface area contributed by atoms with Gasteiger partial charge in [0.25, 0.3) is 0 Å². The van der Waals surface area contributed by atoms with E-state index in [0.29, 0.717) is 11.6 Å². The zero-order valence-electron chi connectivity index (χ0n) is 10.5. The molecule has 0 aliphatic carbocycles. The van der Waals surface area contributed by atoms with E-state index in [2.05, 4.69) is 43.9 Å². The standard InChI is InChI=1S/C14H10Br2N2OS/c1-7-2-4-8(5-3-7)11-12(19-18-14(11)17)10-6-9(15)13(16)20-10/h2-6H,1H3,(H2,17,18). The second kappa shape index (κ2) is 5.35. The predicted molar refractivity (Wildman–Crippen MR) is 89.8 cm³/mol. The first-order valence-electron chi connectivity index (χ1n) is 5.83. The minimum Gasteiger partial charge on any atom is -0.380 e. The van der Waals surface area contributed by atoms with Gasteiger partial charge in [-0.3, -0.25) is 0 Å². The van der Waals surface area contributed by atoms with Crippen molar-refractivity contribution in [2.24, 2.45) is 0 Å². The van der Waals surface area contributed by atoms with E-state index in [9.17, 15) is 0 Å². The zero-order valence-corrected chi connectivity index (χ0v) is 14.5. The molecule has 0 radical (unpaired) electrons. The number of thiophene rings is 1. The van der Waals surface area contributed by atoms with Crippen LogP contribution in [0.2, 0.25) is 0 Å². The highest BCUT2D eigenvalue weighted by molar-refractivity contribution is 9.13. The summed E-state index contributed by atoms with van der Waals surface area (Å²) in [5.74, 6) is 1.10. The quantitative estimate of drug-likeness (QED) is 0.604. The number of rotatable bonds is 2. The maximum atomic E-state index is 5.97. The molecule has 0 bridgehead atoms. The number of anilines is 1. The first-order valence-corrected chi connectivity index (χ1v) is 8.24. The third-order valence-corrected chi connectivity index (χ3v) is 6.18. The van der Waals surface area contributed by atoms with Crippen molar-refractivity contribution in [2.45, 2.75) is 6.92 Å². The molecular formula is C14H10Br2N2OS. The average Bonchev–Trinajstić information content (AvgIpc) is 2.95. The Bertz CT molecular complexity index is 743. The number of nitrogens with two attached hydrogens (primary N) is 1. The van der Waals surface area contributed by atoms with Crippen molar-refractivity contribution in [3.05, 3.63) is 44.2 Å². The molecule has 1 aromatic carbocycles. The lowest BCUT2D eigenvalue weighted by molar-refractivity contribution is 0.437. The number of benzene rings is 1. The van der Waals surface area contributed by atoms with Gasteiger partial charge < -0.3 is 10.3 Å². The molecule has 0 saturated heterocycles. The molecule has 0 atom stereocenters. The molecule has 0 saturated carbocycles. The summed E-state index contributed by atoms with van der Waals surface area (Å²) in [4.78, 5) is 0.975. The van der Waals surface area contributed by atoms with Gasteiger partial charge in [-0.1, -0.05) is 35.0 Å². The molecule has 6 heteroatoms. The van der Waals surface area contributed by atoms with E-state index in [1.165, 1.54) is 5.56 Å². The Morgan fingerprint density at radius 3 is 2.50 bits per heavy atom. The van der Waals surface area contributed by atoms with Crippen molar-refractivity contribution >= 4 is 49.0 Å². The van der Waals surface area contributed by atoms with Gasteiger partial charge in [-0.05, 0) is 50.4 Å². The molecule has 0 amide bonds.